The number of carbonyl (C=O) groups excluding carboxylic acids is 2. The molecule has 0 unspecified atom stereocenters. The third kappa shape index (κ3) is 3.42. The van der Waals surface area contributed by atoms with Crippen LogP contribution in [0.4, 0.5) is 0 Å². The molecule has 0 saturated heterocycles. The average molecular weight is 351 g/mol. The van der Waals surface area contributed by atoms with Crippen LogP contribution in [0.15, 0.2) is 68.8 Å². The van der Waals surface area contributed by atoms with Gasteiger partial charge in [-0.15, -0.1) is 0 Å². The maximum atomic E-state index is 12.3. The SMILES string of the molecule is CC1=CC(=CC2=C(O)/C(=C/c3cc(C)[o+]c(C)c3)C(=O)C2=O)C=C(C)O1. The van der Waals surface area contributed by atoms with Crippen LogP contribution in [0.2, 0.25) is 0 Å². The molecule has 3 rings (SSSR count). The zero-order valence-electron chi connectivity index (χ0n) is 15.0. The molecule has 26 heavy (non-hydrogen) atoms. The van der Waals surface area contributed by atoms with Gasteiger partial charge in [0.05, 0.1) is 25.0 Å². The predicted octanol–water partition coefficient (Wildman–Crippen LogP) is 4.29. The number of ether oxygens (including phenoxy) is 1. The van der Waals surface area contributed by atoms with Crippen molar-refractivity contribution in [1.82, 2.24) is 0 Å². The third-order valence-corrected chi connectivity index (χ3v) is 3.95. The molecule has 1 aromatic heterocycles. The Morgan fingerprint density at radius 2 is 1.50 bits per heavy atom. The van der Waals surface area contributed by atoms with Gasteiger partial charge in [0.25, 0.3) is 0 Å². The van der Waals surface area contributed by atoms with Crippen LogP contribution in [0.5, 0.6) is 0 Å². The lowest BCUT2D eigenvalue weighted by Crippen LogP contribution is -2.09. The zero-order valence-corrected chi connectivity index (χ0v) is 15.0. The van der Waals surface area contributed by atoms with Gasteiger partial charge >= 0.3 is 11.5 Å². The normalized spacial score (nSPS) is 18.9. The number of ketones is 2. The summed E-state index contributed by atoms with van der Waals surface area (Å²) in [7, 11) is 0. The Hall–Kier alpha value is -3.21. The minimum absolute atomic E-state index is 0.0136. The first-order chi connectivity index (χ1) is 12.2. The summed E-state index contributed by atoms with van der Waals surface area (Å²) in [6.07, 6.45) is 6.47. The molecule has 5 heteroatoms. The van der Waals surface area contributed by atoms with Crippen molar-refractivity contribution in [2.75, 3.05) is 0 Å². The maximum Gasteiger partial charge on any atom is 0.327 e. The first kappa shape index (κ1) is 17.6. The molecule has 1 aliphatic heterocycles. The summed E-state index contributed by atoms with van der Waals surface area (Å²) >= 11 is 0. The molecule has 0 aromatic carbocycles. The summed E-state index contributed by atoms with van der Waals surface area (Å²) < 4.78 is 10.8. The second-order valence-corrected chi connectivity index (χ2v) is 6.35. The lowest BCUT2D eigenvalue weighted by atomic mass is 10.1. The Kier molecular flexibility index (Phi) is 4.47. The van der Waals surface area contributed by atoms with E-state index in [1.807, 2.05) is 0 Å². The number of aryl methyl sites for hydroxylation is 2. The number of aliphatic hydroxyl groups is 1. The highest BCUT2D eigenvalue weighted by molar-refractivity contribution is 6.54. The number of rotatable bonds is 2. The Morgan fingerprint density at radius 1 is 0.923 bits per heavy atom. The standard InChI is InChI=1S/C21H18O5/c1-11-5-15(6-12(2)25-11)9-17-19(22)18(21(24)20(17)23)10-16-7-13(3)26-14(4)8-16/h5-10H,1-4H3/p+1. The van der Waals surface area contributed by atoms with Crippen molar-refractivity contribution in [1.29, 1.82) is 0 Å². The van der Waals surface area contributed by atoms with Gasteiger partial charge in [0, 0.05) is 12.1 Å². The van der Waals surface area contributed by atoms with Crippen molar-refractivity contribution in [3.63, 3.8) is 0 Å². The molecule has 0 atom stereocenters. The summed E-state index contributed by atoms with van der Waals surface area (Å²) in [5, 5.41) is 10.5. The number of hydrogen-bond acceptors (Lipinski definition) is 4. The fourth-order valence-electron chi connectivity index (χ4n) is 3.02. The summed E-state index contributed by atoms with van der Waals surface area (Å²) in [5.74, 6) is 0.918. The van der Waals surface area contributed by atoms with Crippen LogP contribution in [0, 0.1) is 13.8 Å². The van der Waals surface area contributed by atoms with Crippen molar-refractivity contribution in [2.24, 2.45) is 0 Å². The van der Waals surface area contributed by atoms with E-state index in [2.05, 4.69) is 0 Å². The monoisotopic (exact) mass is 351 g/mol. The number of hydrogen-bond donors (Lipinski definition) is 1. The summed E-state index contributed by atoms with van der Waals surface area (Å²) in [6.45, 7) is 7.15. The molecule has 0 fully saturated rings. The van der Waals surface area contributed by atoms with Crippen molar-refractivity contribution < 1.29 is 23.8 Å². The number of Topliss-reactive ketones (excluding diaryl/α,β-unsaturated/α-hetero) is 2. The minimum Gasteiger partial charge on any atom is -0.506 e. The molecule has 0 bridgehead atoms. The van der Waals surface area contributed by atoms with E-state index >= 15 is 0 Å². The van der Waals surface area contributed by atoms with E-state index in [9.17, 15) is 14.7 Å². The number of carbonyl (C=O) groups is 2. The zero-order chi connectivity index (χ0) is 19.0. The number of aliphatic hydroxyl groups excluding tert-OH is 1. The molecule has 0 radical (unpaired) electrons. The Balaban J connectivity index is 2.07. The van der Waals surface area contributed by atoms with Gasteiger partial charge in [0.2, 0.25) is 11.6 Å². The summed E-state index contributed by atoms with van der Waals surface area (Å²) in [4.78, 5) is 24.7. The van der Waals surface area contributed by atoms with Crippen LogP contribution in [0.25, 0.3) is 6.08 Å². The highest BCUT2D eigenvalue weighted by Crippen LogP contribution is 2.29. The fraction of sp³-hybridized carbons (Fsp3) is 0.190. The van der Waals surface area contributed by atoms with E-state index in [4.69, 9.17) is 9.15 Å². The van der Waals surface area contributed by atoms with Crippen LogP contribution in [-0.4, -0.2) is 16.7 Å². The Labute approximate surface area is 151 Å². The summed E-state index contributed by atoms with van der Waals surface area (Å²) in [5.41, 5.74) is 1.33. The van der Waals surface area contributed by atoms with E-state index in [1.54, 1.807) is 52.0 Å². The van der Waals surface area contributed by atoms with E-state index in [-0.39, 0.29) is 16.9 Å². The van der Waals surface area contributed by atoms with Gasteiger partial charge < -0.3 is 9.84 Å². The predicted molar refractivity (Wildman–Crippen MR) is 96.9 cm³/mol. The van der Waals surface area contributed by atoms with Gasteiger partial charge in [-0.05, 0) is 49.3 Å². The van der Waals surface area contributed by atoms with Crippen molar-refractivity contribution >= 4 is 17.6 Å². The molecule has 1 N–H and O–H groups in total. The van der Waals surface area contributed by atoms with Crippen LogP contribution in [0.1, 0.15) is 30.9 Å². The molecule has 2 heterocycles. The molecule has 1 aromatic rings. The fourth-order valence-corrected chi connectivity index (χ4v) is 3.02. The molecule has 2 aliphatic rings. The van der Waals surface area contributed by atoms with E-state index in [0.29, 0.717) is 34.2 Å². The Morgan fingerprint density at radius 3 is 2.08 bits per heavy atom. The van der Waals surface area contributed by atoms with Crippen LogP contribution in [-0.2, 0) is 14.3 Å². The van der Waals surface area contributed by atoms with E-state index in [1.165, 1.54) is 12.2 Å². The molecule has 132 valence electrons. The molecular weight excluding hydrogens is 332 g/mol. The van der Waals surface area contributed by atoms with Crippen LogP contribution >= 0.6 is 0 Å². The average Bonchev–Trinajstić information content (AvgIpc) is 2.71. The van der Waals surface area contributed by atoms with E-state index in [0.717, 1.165) is 0 Å². The Bertz CT molecular complexity index is 943. The van der Waals surface area contributed by atoms with Gasteiger partial charge in [0.15, 0.2) is 0 Å². The molecule has 5 nitrogen and oxygen atoms in total. The number of allylic oxidation sites excluding steroid dienone is 8. The van der Waals surface area contributed by atoms with Crippen molar-refractivity contribution in [2.45, 2.75) is 27.7 Å². The van der Waals surface area contributed by atoms with Crippen molar-refractivity contribution in [3.8, 4) is 0 Å². The van der Waals surface area contributed by atoms with E-state index < -0.39 is 11.6 Å². The van der Waals surface area contributed by atoms with Crippen LogP contribution < -0.4 is 0 Å². The lowest BCUT2D eigenvalue weighted by Gasteiger charge is -2.12. The molecule has 0 spiro atoms. The van der Waals surface area contributed by atoms with Gasteiger partial charge in [0.1, 0.15) is 17.3 Å². The van der Waals surface area contributed by atoms with Gasteiger partial charge in [-0.25, -0.2) is 4.42 Å². The molecule has 0 amide bonds. The quantitative estimate of drug-likeness (QED) is 0.489. The second kappa shape index (κ2) is 6.59. The van der Waals surface area contributed by atoms with Gasteiger partial charge in [-0.2, -0.15) is 0 Å². The highest BCUT2D eigenvalue weighted by atomic mass is 16.5. The van der Waals surface area contributed by atoms with Crippen molar-refractivity contribution in [3.05, 3.63) is 81.4 Å². The van der Waals surface area contributed by atoms with Gasteiger partial charge in [-0.1, -0.05) is 0 Å². The molecule has 1 aliphatic carbocycles. The molecular formula is C21H19O5+. The third-order valence-electron chi connectivity index (χ3n) is 3.95. The van der Waals surface area contributed by atoms with Gasteiger partial charge in [-0.3, -0.25) is 9.59 Å². The first-order valence-corrected chi connectivity index (χ1v) is 8.16. The minimum atomic E-state index is -0.723. The lowest BCUT2D eigenvalue weighted by molar-refractivity contribution is -0.131. The first-order valence-electron chi connectivity index (χ1n) is 8.16. The highest BCUT2D eigenvalue weighted by Gasteiger charge is 2.35. The smallest absolute Gasteiger partial charge is 0.327 e. The maximum absolute atomic E-state index is 12.3. The molecule has 0 saturated carbocycles. The summed E-state index contributed by atoms with van der Waals surface area (Å²) in [6, 6.07) is 3.47. The second-order valence-electron chi connectivity index (χ2n) is 6.35. The topological polar surface area (TPSA) is 74.9 Å². The van der Waals surface area contributed by atoms with Crippen LogP contribution in [0.3, 0.4) is 0 Å². The largest absolute Gasteiger partial charge is 0.506 e.